The van der Waals surface area contributed by atoms with Gasteiger partial charge in [-0.15, -0.1) is 0 Å². The number of carbonyl (C=O) groups is 1. The molecule has 1 saturated heterocycles. The highest BCUT2D eigenvalue weighted by Gasteiger charge is 2.27. The number of aromatic nitrogens is 1. The number of nitrogens with two attached hydrogens (primary N) is 1. The number of benzene rings is 1. The van der Waals surface area contributed by atoms with E-state index in [1.165, 1.54) is 11.8 Å². The summed E-state index contributed by atoms with van der Waals surface area (Å²) in [5.41, 5.74) is 6.69. The summed E-state index contributed by atoms with van der Waals surface area (Å²) in [6.45, 7) is 1.65. The van der Waals surface area contributed by atoms with Gasteiger partial charge in [0.15, 0.2) is 5.17 Å². The number of pyridine rings is 1. The van der Waals surface area contributed by atoms with E-state index in [0.29, 0.717) is 24.2 Å². The molecule has 2 atom stereocenters. The van der Waals surface area contributed by atoms with Gasteiger partial charge in [-0.05, 0) is 49.1 Å². The summed E-state index contributed by atoms with van der Waals surface area (Å²) < 4.78 is 6.02. The van der Waals surface area contributed by atoms with Crippen LogP contribution in [0.3, 0.4) is 0 Å². The fourth-order valence-corrected chi connectivity index (χ4v) is 4.36. The van der Waals surface area contributed by atoms with Crippen LogP contribution in [0.5, 0.6) is 5.75 Å². The lowest BCUT2D eigenvalue weighted by Gasteiger charge is -2.25. The van der Waals surface area contributed by atoms with Crippen LogP contribution < -0.4 is 15.4 Å². The third-order valence-corrected chi connectivity index (χ3v) is 5.85. The van der Waals surface area contributed by atoms with E-state index < -0.39 is 0 Å². The Morgan fingerprint density at radius 2 is 2.07 bits per heavy atom. The zero-order valence-corrected chi connectivity index (χ0v) is 15.8. The highest BCUT2D eigenvalue weighted by Crippen LogP contribution is 2.26. The Morgan fingerprint density at radius 3 is 2.78 bits per heavy atom. The van der Waals surface area contributed by atoms with Crippen LogP contribution in [0.25, 0.3) is 0 Å². The molecule has 7 heteroatoms. The van der Waals surface area contributed by atoms with Crippen molar-refractivity contribution in [1.29, 1.82) is 0 Å². The Hall–Kier alpha value is -2.54. The highest BCUT2D eigenvalue weighted by molar-refractivity contribution is 8.15. The summed E-state index contributed by atoms with van der Waals surface area (Å²) in [6, 6.07) is 14.3. The SMILES string of the molecule is NC1=NC(=O)C(Cc2ccc(OC[C@@H]3CCCN3c3ccccn3)cc2)S1. The van der Waals surface area contributed by atoms with Crippen LogP contribution in [0.2, 0.25) is 0 Å². The average Bonchev–Trinajstić information content (AvgIpc) is 3.28. The number of hydrogen-bond donors (Lipinski definition) is 1. The predicted octanol–water partition coefficient (Wildman–Crippen LogP) is 2.63. The Kier molecular flexibility index (Phi) is 5.29. The Labute approximate surface area is 162 Å². The zero-order valence-electron chi connectivity index (χ0n) is 15.0. The molecule has 1 fully saturated rings. The highest BCUT2D eigenvalue weighted by atomic mass is 32.2. The number of amides is 1. The molecule has 4 rings (SSSR count). The standard InChI is InChI=1S/C20H22N4O2S/c21-20-23-19(25)17(27-20)12-14-6-8-16(9-7-14)26-13-15-4-3-11-24(15)18-5-1-2-10-22-18/h1-2,5-10,15,17H,3-4,11-13H2,(H2,21,23,25)/t15-,17?/m0/s1. The van der Waals surface area contributed by atoms with Gasteiger partial charge < -0.3 is 15.4 Å². The number of aliphatic imine (C=N–C) groups is 1. The maximum Gasteiger partial charge on any atom is 0.261 e. The summed E-state index contributed by atoms with van der Waals surface area (Å²) in [5, 5.41) is 0.154. The largest absolute Gasteiger partial charge is 0.491 e. The van der Waals surface area contributed by atoms with Crippen molar-refractivity contribution in [1.82, 2.24) is 4.98 Å². The molecule has 0 radical (unpaired) electrons. The fourth-order valence-electron chi connectivity index (χ4n) is 3.49. The van der Waals surface area contributed by atoms with Gasteiger partial charge in [0.05, 0.1) is 11.3 Å². The monoisotopic (exact) mass is 382 g/mol. The first-order chi connectivity index (χ1) is 13.2. The number of anilines is 1. The number of rotatable bonds is 6. The van der Waals surface area contributed by atoms with E-state index in [4.69, 9.17) is 10.5 Å². The molecule has 1 unspecified atom stereocenters. The van der Waals surface area contributed by atoms with Crippen molar-refractivity contribution in [3.63, 3.8) is 0 Å². The molecule has 2 N–H and O–H groups in total. The lowest BCUT2D eigenvalue weighted by atomic mass is 10.1. The summed E-state index contributed by atoms with van der Waals surface area (Å²) in [4.78, 5) is 22.3. The quantitative estimate of drug-likeness (QED) is 0.827. The topological polar surface area (TPSA) is 80.8 Å². The molecule has 1 aromatic carbocycles. The van der Waals surface area contributed by atoms with Crippen LogP contribution in [0.15, 0.2) is 53.7 Å². The molecule has 2 aromatic rings. The molecule has 0 saturated carbocycles. The maximum absolute atomic E-state index is 11.7. The first kappa shape index (κ1) is 17.9. The molecular formula is C20H22N4O2S. The Balaban J connectivity index is 1.32. The zero-order chi connectivity index (χ0) is 18.6. The molecule has 1 amide bonds. The minimum Gasteiger partial charge on any atom is -0.491 e. The van der Waals surface area contributed by atoms with Crippen LogP contribution >= 0.6 is 11.8 Å². The van der Waals surface area contributed by atoms with Crippen LogP contribution in [0.1, 0.15) is 18.4 Å². The van der Waals surface area contributed by atoms with Gasteiger partial charge in [0, 0.05) is 12.7 Å². The van der Waals surface area contributed by atoms with E-state index in [1.54, 1.807) is 0 Å². The smallest absolute Gasteiger partial charge is 0.261 e. The van der Waals surface area contributed by atoms with Gasteiger partial charge in [0.25, 0.3) is 5.91 Å². The lowest BCUT2D eigenvalue weighted by molar-refractivity contribution is -0.117. The minimum atomic E-state index is -0.206. The number of thioether (sulfide) groups is 1. The van der Waals surface area contributed by atoms with Gasteiger partial charge in [-0.1, -0.05) is 30.0 Å². The first-order valence-electron chi connectivity index (χ1n) is 9.13. The summed E-state index contributed by atoms with van der Waals surface area (Å²) in [6.07, 6.45) is 4.72. The van der Waals surface area contributed by atoms with Crippen molar-refractivity contribution in [2.24, 2.45) is 10.7 Å². The van der Waals surface area contributed by atoms with Gasteiger partial charge in [-0.25, -0.2) is 4.98 Å². The number of amidine groups is 1. The molecule has 0 spiro atoms. The summed E-state index contributed by atoms with van der Waals surface area (Å²) >= 11 is 1.33. The normalized spacial score (nSPS) is 22.1. The first-order valence-corrected chi connectivity index (χ1v) is 10.0. The molecule has 2 aliphatic rings. The predicted molar refractivity (Wildman–Crippen MR) is 108 cm³/mol. The molecule has 3 heterocycles. The van der Waals surface area contributed by atoms with Crippen molar-refractivity contribution in [3.05, 3.63) is 54.2 Å². The number of nitrogens with zero attached hydrogens (tertiary/aromatic N) is 3. The average molecular weight is 382 g/mol. The number of hydrogen-bond acceptors (Lipinski definition) is 6. The second-order valence-electron chi connectivity index (χ2n) is 6.73. The molecule has 2 aliphatic heterocycles. The lowest BCUT2D eigenvalue weighted by Crippen LogP contribution is -2.34. The summed E-state index contributed by atoms with van der Waals surface area (Å²) in [7, 11) is 0. The van der Waals surface area contributed by atoms with Crippen LogP contribution in [-0.2, 0) is 11.2 Å². The van der Waals surface area contributed by atoms with Gasteiger partial charge in [-0.2, -0.15) is 4.99 Å². The third-order valence-electron chi connectivity index (χ3n) is 4.87. The van der Waals surface area contributed by atoms with E-state index in [0.717, 1.165) is 36.5 Å². The van der Waals surface area contributed by atoms with Crippen LogP contribution in [0.4, 0.5) is 5.82 Å². The Morgan fingerprint density at radius 1 is 1.22 bits per heavy atom. The van der Waals surface area contributed by atoms with Crippen LogP contribution in [0, 0.1) is 0 Å². The molecule has 140 valence electrons. The summed E-state index contributed by atoms with van der Waals surface area (Å²) in [5.74, 6) is 1.71. The van der Waals surface area contributed by atoms with Gasteiger partial charge in [-0.3, -0.25) is 4.79 Å². The van der Waals surface area contributed by atoms with Gasteiger partial charge in [0.1, 0.15) is 18.2 Å². The molecule has 1 aromatic heterocycles. The molecular weight excluding hydrogens is 360 g/mol. The van der Waals surface area contributed by atoms with Gasteiger partial charge >= 0.3 is 0 Å². The molecule has 0 aliphatic carbocycles. The molecule has 6 nitrogen and oxygen atoms in total. The second kappa shape index (κ2) is 8.00. The minimum absolute atomic E-state index is 0.145. The van der Waals surface area contributed by atoms with Crippen molar-refractivity contribution in [3.8, 4) is 5.75 Å². The molecule has 27 heavy (non-hydrogen) atoms. The Bertz CT molecular complexity index is 826. The van der Waals surface area contributed by atoms with Crippen molar-refractivity contribution < 1.29 is 9.53 Å². The van der Waals surface area contributed by atoms with Crippen molar-refractivity contribution >= 4 is 28.7 Å². The van der Waals surface area contributed by atoms with E-state index in [1.807, 2.05) is 48.7 Å². The van der Waals surface area contributed by atoms with Gasteiger partial charge in [0.2, 0.25) is 0 Å². The maximum atomic E-state index is 11.7. The fraction of sp³-hybridized carbons (Fsp3) is 0.350. The van der Waals surface area contributed by atoms with E-state index in [-0.39, 0.29) is 11.2 Å². The second-order valence-corrected chi connectivity index (χ2v) is 7.95. The van der Waals surface area contributed by atoms with E-state index in [2.05, 4.69) is 14.9 Å². The number of ether oxygens (including phenoxy) is 1. The van der Waals surface area contributed by atoms with E-state index >= 15 is 0 Å². The van der Waals surface area contributed by atoms with Crippen LogP contribution in [-0.4, -0.2) is 40.5 Å². The van der Waals surface area contributed by atoms with Crippen molar-refractivity contribution in [2.45, 2.75) is 30.6 Å². The van der Waals surface area contributed by atoms with E-state index in [9.17, 15) is 4.79 Å². The molecule has 0 bridgehead atoms. The van der Waals surface area contributed by atoms with Crippen molar-refractivity contribution in [2.75, 3.05) is 18.1 Å². The third kappa shape index (κ3) is 4.24. The number of carbonyl (C=O) groups excluding carboxylic acids is 1.